The average Bonchev–Trinajstić information content (AvgIpc) is 2.98. The topological polar surface area (TPSA) is 52.7 Å². The van der Waals surface area contributed by atoms with Crippen molar-refractivity contribution in [1.29, 1.82) is 0 Å². The van der Waals surface area contributed by atoms with E-state index in [1.807, 2.05) is 114 Å². The number of carbonyl (C=O) groups excluding carboxylic acids is 2. The Kier molecular flexibility index (Phi) is 8.39. The molecule has 39 heavy (non-hydrogen) atoms. The second kappa shape index (κ2) is 12.5. The molecular weight excluding hydrogens is 506 g/mol. The molecule has 1 aliphatic heterocycles. The minimum Gasteiger partial charge on any atom is -0.366 e. The first-order valence-corrected chi connectivity index (χ1v) is 13.4. The summed E-state index contributed by atoms with van der Waals surface area (Å²) >= 11 is 6.37. The van der Waals surface area contributed by atoms with Gasteiger partial charge in [0.25, 0.3) is 0 Å². The highest BCUT2D eigenvalue weighted by Gasteiger charge is 2.26. The number of anilines is 2. The Hall–Kier alpha value is -4.35. The first-order valence-electron chi connectivity index (χ1n) is 13.1. The fourth-order valence-corrected chi connectivity index (χ4v) is 5.05. The van der Waals surface area contributed by atoms with Crippen LogP contribution in [-0.4, -0.2) is 42.9 Å². The van der Waals surface area contributed by atoms with Gasteiger partial charge in [0.15, 0.2) is 0 Å². The average molecular weight is 536 g/mol. The van der Waals surface area contributed by atoms with Gasteiger partial charge in [0.1, 0.15) is 0 Å². The number of piperazine rings is 1. The van der Waals surface area contributed by atoms with Crippen LogP contribution in [0.25, 0.3) is 6.08 Å². The molecule has 5 rings (SSSR count). The van der Waals surface area contributed by atoms with Gasteiger partial charge in [0, 0.05) is 37.3 Å². The molecule has 0 saturated carbocycles. The molecule has 5 nitrogen and oxygen atoms in total. The van der Waals surface area contributed by atoms with Crippen molar-refractivity contribution < 1.29 is 9.59 Å². The van der Waals surface area contributed by atoms with E-state index in [-0.39, 0.29) is 11.8 Å². The summed E-state index contributed by atoms with van der Waals surface area (Å²) in [6.07, 6.45) is 3.48. The molecule has 1 heterocycles. The molecule has 0 bridgehead atoms. The zero-order chi connectivity index (χ0) is 27.0. The standard InChI is InChI=1S/C33H30ClN3O2/c34-28-17-18-30(36-20-22-37(23-21-36)31(38)19-16-25-10-4-1-5-11-25)29(24-28)35-33(39)32(26-12-6-2-7-13-26)27-14-8-3-9-15-27/h1-19,24,32H,20-23H2,(H,35,39)/b19-16+. The number of nitrogens with zero attached hydrogens (tertiary/aromatic N) is 2. The number of carbonyl (C=O) groups is 2. The van der Waals surface area contributed by atoms with Gasteiger partial charge in [-0.2, -0.15) is 0 Å². The molecule has 6 heteroatoms. The Morgan fingerprint density at radius 1 is 0.744 bits per heavy atom. The van der Waals surface area contributed by atoms with Crippen molar-refractivity contribution in [3.05, 3.63) is 137 Å². The zero-order valence-corrected chi connectivity index (χ0v) is 22.3. The first-order chi connectivity index (χ1) is 19.1. The zero-order valence-electron chi connectivity index (χ0n) is 21.5. The van der Waals surface area contributed by atoms with Gasteiger partial charge in [-0.3, -0.25) is 9.59 Å². The lowest BCUT2D eigenvalue weighted by Crippen LogP contribution is -2.48. The van der Waals surface area contributed by atoms with Crippen molar-refractivity contribution in [2.45, 2.75) is 5.92 Å². The third kappa shape index (κ3) is 6.57. The van der Waals surface area contributed by atoms with Crippen molar-refractivity contribution in [2.24, 2.45) is 0 Å². The van der Waals surface area contributed by atoms with Gasteiger partial charge < -0.3 is 15.1 Å². The second-order valence-electron chi connectivity index (χ2n) is 9.46. The molecule has 4 aromatic carbocycles. The molecule has 0 atom stereocenters. The summed E-state index contributed by atoms with van der Waals surface area (Å²) in [6, 6.07) is 34.9. The lowest BCUT2D eigenvalue weighted by Gasteiger charge is -2.36. The van der Waals surface area contributed by atoms with E-state index in [1.165, 1.54) is 0 Å². The maximum Gasteiger partial charge on any atom is 0.246 e. The number of hydrogen-bond donors (Lipinski definition) is 1. The van der Waals surface area contributed by atoms with Crippen LogP contribution in [0.2, 0.25) is 5.02 Å². The van der Waals surface area contributed by atoms with Crippen LogP contribution in [0.5, 0.6) is 0 Å². The molecule has 1 aliphatic rings. The third-order valence-corrected chi connectivity index (χ3v) is 7.13. The Labute approximate surface area is 234 Å². The number of nitrogens with one attached hydrogen (secondary N) is 1. The van der Waals surface area contributed by atoms with Crippen molar-refractivity contribution in [3.8, 4) is 0 Å². The van der Waals surface area contributed by atoms with E-state index < -0.39 is 5.92 Å². The number of amides is 2. The van der Waals surface area contributed by atoms with Crippen LogP contribution in [-0.2, 0) is 9.59 Å². The predicted molar refractivity (Wildman–Crippen MR) is 159 cm³/mol. The van der Waals surface area contributed by atoms with Gasteiger partial charge in [-0.05, 0) is 41.0 Å². The molecule has 0 aromatic heterocycles. The van der Waals surface area contributed by atoms with Crippen LogP contribution in [0.1, 0.15) is 22.6 Å². The summed E-state index contributed by atoms with van der Waals surface area (Å²) in [6.45, 7) is 2.47. The highest BCUT2D eigenvalue weighted by atomic mass is 35.5. The van der Waals surface area contributed by atoms with Gasteiger partial charge in [-0.1, -0.05) is 103 Å². The molecule has 2 amide bonds. The van der Waals surface area contributed by atoms with Crippen molar-refractivity contribution in [1.82, 2.24) is 4.90 Å². The normalized spacial score (nSPS) is 13.6. The molecule has 1 saturated heterocycles. The van der Waals surface area contributed by atoms with Crippen LogP contribution in [0.3, 0.4) is 0 Å². The van der Waals surface area contributed by atoms with E-state index in [2.05, 4.69) is 10.2 Å². The Balaban J connectivity index is 1.31. The molecule has 0 aliphatic carbocycles. The number of hydrogen-bond acceptors (Lipinski definition) is 3. The summed E-state index contributed by atoms with van der Waals surface area (Å²) in [5.41, 5.74) is 4.38. The molecule has 1 N–H and O–H groups in total. The van der Waals surface area contributed by atoms with Crippen LogP contribution < -0.4 is 10.2 Å². The lowest BCUT2D eigenvalue weighted by atomic mass is 9.90. The minimum atomic E-state index is -0.467. The van der Waals surface area contributed by atoms with E-state index in [9.17, 15) is 9.59 Å². The Morgan fingerprint density at radius 3 is 1.90 bits per heavy atom. The van der Waals surface area contributed by atoms with Crippen LogP contribution in [0.4, 0.5) is 11.4 Å². The Bertz CT molecular complexity index is 1390. The molecular formula is C33H30ClN3O2. The monoisotopic (exact) mass is 535 g/mol. The maximum atomic E-state index is 13.8. The largest absolute Gasteiger partial charge is 0.366 e. The van der Waals surface area contributed by atoms with Crippen LogP contribution in [0.15, 0.2) is 115 Å². The summed E-state index contributed by atoms with van der Waals surface area (Å²) in [5.74, 6) is -0.599. The van der Waals surface area contributed by atoms with Crippen molar-refractivity contribution >= 4 is 40.9 Å². The third-order valence-electron chi connectivity index (χ3n) is 6.89. The van der Waals surface area contributed by atoms with Crippen molar-refractivity contribution in [3.63, 3.8) is 0 Å². The lowest BCUT2D eigenvalue weighted by molar-refractivity contribution is -0.126. The molecule has 0 radical (unpaired) electrons. The van der Waals surface area contributed by atoms with E-state index in [0.29, 0.717) is 36.9 Å². The molecule has 0 unspecified atom stereocenters. The minimum absolute atomic E-state index is 0.00306. The predicted octanol–water partition coefficient (Wildman–Crippen LogP) is 6.47. The summed E-state index contributed by atoms with van der Waals surface area (Å²) in [4.78, 5) is 30.6. The quantitative estimate of drug-likeness (QED) is 0.276. The van der Waals surface area contributed by atoms with E-state index in [0.717, 1.165) is 22.4 Å². The second-order valence-corrected chi connectivity index (χ2v) is 9.90. The highest BCUT2D eigenvalue weighted by Crippen LogP contribution is 2.33. The smallest absolute Gasteiger partial charge is 0.246 e. The van der Waals surface area contributed by atoms with Crippen LogP contribution >= 0.6 is 11.6 Å². The highest BCUT2D eigenvalue weighted by molar-refractivity contribution is 6.31. The maximum absolute atomic E-state index is 13.8. The van der Waals surface area contributed by atoms with Gasteiger partial charge in [-0.25, -0.2) is 0 Å². The molecule has 0 spiro atoms. The van der Waals surface area contributed by atoms with E-state index in [4.69, 9.17) is 11.6 Å². The fraction of sp³-hybridized carbons (Fsp3) is 0.152. The van der Waals surface area contributed by atoms with E-state index >= 15 is 0 Å². The first kappa shape index (κ1) is 26.3. The van der Waals surface area contributed by atoms with Gasteiger partial charge in [-0.15, -0.1) is 0 Å². The number of rotatable bonds is 7. The molecule has 1 fully saturated rings. The summed E-state index contributed by atoms with van der Waals surface area (Å²) in [5, 5.41) is 3.71. The van der Waals surface area contributed by atoms with Crippen molar-refractivity contribution in [2.75, 3.05) is 36.4 Å². The SMILES string of the molecule is O=C(Nc1cc(Cl)ccc1N1CCN(C(=O)/C=C/c2ccccc2)CC1)C(c1ccccc1)c1ccccc1. The van der Waals surface area contributed by atoms with Gasteiger partial charge in [0.2, 0.25) is 11.8 Å². The van der Waals surface area contributed by atoms with E-state index in [1.54, 1.807) is 12.1 Å². The summed E-state index contributed by atoms with van der Waals surface area (Å²) in [7, 11) is 0. The van der Waals surface area contributed by atoms with Gasteiger partial charge in [0.05, 0.1) is 17.3 Å². The molecule has 4 aromatic rings. The summed E-state index contributed by atoms with van der Waals surface area (Å²) < 4.78 is 0. The van der Waals surface area contributed by atoms with Gasteiger partial charge >= 0.3 is 0 Å². The number of halogens is 1. The molecule has 196 valence electrons. The fourth-order valence-electron chi connectivity index (χ4n) is 4.88. The Morgan fingerprint density at radius 2 is 1.31 bits per heavy atom. The van der Waals surface area contributed by atoms with Crippen LogP contribution in [0, 0.1) is 0 Å². The number of benzene rings is 4.